The van der Waals surface area contributed by atoms with E-state index in [9.17, 15) is 4.79 Å². The minimum Gasteiger partial charge on any atom is -0.364 e. The van der Waals surface area contributed by atoms with Crippen molar-refractivity contribution in [2.24, 2.45) is 5.92 Å². The van der Waals surface area contributed by atoms with Gasteiger partial charge in [0.15, 0.2) is 0 Å². The number of rotatable bonds is 6. The van der Waals surface area contributed by atoms with Crippen molar-refractivity contribution in [2.75, 3.05) is 19.6 Å². The largest absolute Gasteiger partial charge is 0.364 e. The summed E-state index contributed by atoms with van der Waals surface area (Å²) in [6.07, 6.45) is 3.90. The van der Waals surface area contributed by atoms with Crippen LogP contribution in [-0.4, -0.2) is 35.6 Å². The lowest BCUT2D eigenvalue weighted by Crippen LogP contribution is -2.40. The first-order chi connectivity index (χ1) is 13.8. The van der Waals surface area contributed by atoms with Gasteiger partial charge in [0, 0.05) is 31.3 Å². The van der Waals surface area contributed by atoms with Crippen LogP contribution in [0.4, 0.5) is 0 Å². The number of nitrogens with one attached hydrogen (secondary N) is 1. The maximum atomic E-state index is 12.5. The topological polar surface area (TPSA) is 58.4 Å². The summed E-state index contributed by atoms with van der Waals surface area (Å²) in [5.41, 5.74) is 3.94. The van der Waals surface area contributed by atoms with Crippen molar-refractivity contribution in [1.29, 1.82) is 0 Å². The van der Waals surface area contributed by atoms with Gasteiger partial charge in [-0.05, 0) is 48.6 Å². The van der Waals surface area contributed by atoms with Gasteiger partial charge in [0.2, 0.25) is 0 Å². The number of benzene rings is 2. The molecule has 0 bridgehead atoms. The van der Waals surface area contributed by atoms with Gasteiger partial charge >= 0.3 is 0 Å². The summed E-state index contributed by atoms with van der Waals surface area (Å²) in [7, 11) is 0. The second kappa shape index (κ2) is 8.85. The molecular formula is C23H25N3O2. The summed E-state index contributed by atoms with van der Waals surface area (Å²) in [6, 6.07) is 19.9. The Kier molecular flexibility index (Phi) is 5.83. The molecule has 1 aliphatic heterocycles. The highest BCUT2D eigenvalue weighted by molar-refractivity contribution is 5.94. The first kappa shape index (κ1) is 18.4. The van der Waals surface area contributed by atoms with E-state index in [-0.39, 0.29) is 5.91 Å². The van der Waals surface area contributed by atoms with E-state index in [1.54, 1.807) is 6.26 Å². The molecule has 0 saturated carbocycles. The van der Waals surface area contributed by atoms with Crippen molar-refractivity contribution in [3.63, 3.8) is 0 Å². The van der Waals surface area contributed by atoms with Gasteiger partial charge in [-0.1, -0.05) is 47.6 Å². The van der Waals surface area contributed by atoms with Gasteiger partial charge < -0.3 is 9.84 Å². The van der Waals surface area contributed by atoms with E-state index in [2.05, 4.69) is 27.5 Å². The normalized spacial score (nSPS) is 17.4. The lowest BCUT2D eigenvalue weighted by molar-refractivity contribution is 0.0930. The molecule has 1 aliphatic rings. The summed E-state index contributed by atoms with van der Waals surface area (Å²) in [6.45, 7) is 3.55. The molecule has 28 heavy (non-hydrogen) atoms. The number of hydrogen-bond acceptors (Lipinski definition) is 4. The highest BCUT2D eigenvalue weighted by atomic mass is 16.5. The highest BCUT2D eigenvalue weighted by Gasteiger charge is 2.21. The molecule has 5 heteroatoms. The van der Waals surface area contributed by atoms with Crippen LogP contribution in [-0.2, 0) is 6.54 Å². The van der Waals surface area contributed by atoms with Crippen LogP contribution in [0.5, 0.6) is 0 Å². The fraction of sp³-hybridized carbons (Fsp3) is 0.304. The Morgan fingerprint density at radius 2 is 1.86 bits per heavy atom. The Morgan fingerprint density at radius 3 is 2.61 bits per heavy atom. The minimum absolute atomic E-state index is 0.00626. The monoisotopic (exact) mass is 375 g/mol. The number of likely N-dealkylation sites (tertiary alicyclic amines) is 1. The van der Waals surface area contributed by atoms with Gasteiger partial charge in [-0.3, -0.25) is 9.69 Å². The molecule has 1 fully saturated rings. The van der Waals surface area contributed by atoms with Crippen LogP contribution < -0.4 is 5.32 Å². The van der Waals surface area contributed by atoms with Crippen LogP contribution in [0.3, 0.4) is 0 Å². The quantitative estimate of drug-likeness (QED) is 0.708. The number of amides is 1. The molecule has 2 aromatic carbocycles. The van der Waals surface area contributed by atoms with Crippen LogP contribution in [0.15, 0.2) is 71.4 Å². The van der Waals surface area contributed by atoms with Crippen molar-refractivity contribution in [2.45, 2.75) is 19.4 Å². The zero-order valence-corrected chi connectivity index (χ0v) is 15.9. The third-order valence-corrected chi connectivity index (χ3v) is 5.29. The third kappa shape index (κ3) is 4.67. The molecule has 1 atom stereocenters. The number of aromatic nitrogens is 1. The molecule has 4 rings (SSSR count). The third-order valence-electron chi connectivity index (χ3n) is 5.29. The summed E-state index contributed by atoms with van der Waals surface area (Å²) < 4.78 is 4.91. The molecule has 1 amide bonds. The summed E-state index contributed by atoms with van der Waals surface area (Å²) in [5.74, 6) is 0.460. The van der Waals surface area contributed by atoms with Crippen molar-refractivity contribution in [3.05, 3.63) is 78.2 Å². The molecular weight excluding hydrogens is 350 g/mol. The lowest BCUT2D eigenvalue weighted by Gasteiger charge is -2.32. The first-order valence-corrected chi connectivity index (χ1v) is 9.83. The predicted octanol–water partition coefficient (Wildman–Crippen LogP) is 3.98. The Hall–Kier alpha value is -2.92. The average Bonchev–Trinajstić information content (AvgIpc) is 3.26. The second-order valence-corrected chi connectivity index (χ2v) is 7.39. The number of piperidine rings is 1. The fourth-order valence-corrected chi connectivity index (χ4v) is 3.79. The molecule has 1 N–H and O–H groups in total. The predicted molar refractivity (Wildman–Crippen MR) is 109 cm³/mol. The maximum Gasteiger partial charge on any atom is 0.251 e. The molecule has 1 unspecified atom stereocenters. The zero-order chi connectivity index (χ0) is 19.2. The summed E-state index contributed by atoms with van der Waals surface area (Å²) in [5, 5.41) is 7.10. The van der Waals surface area contributed by atoms with Crippen LogP contribution in [0.25, 0.3) is 11.1 Å². The molecule has 0 spiro atoms. The van der Waals surface area contributed by atoms with Crippen LogP contribution >= 0.6 is 0 Å². The second-order valence-electron chi connectivity index (χ2n) is 7.39. The van der Waals surface area contributed by atoms with Gasteiger partial charge in [0.05, 0.1) is 5.69 Å². The molecule has 3 aromatic rings. The maximum absolute atomic E-state index is 12.5. The molecule has 144 valence electrons. The average molecular weight is 375 g/mol. The van der Waals surface area contributed by atoms with Crippen molar-refractivity contribution in [1.82, 2.24) is 15.4 Å². The van der Waals surface area contributed by atoms with E-state index in [1.165, 1.54) is 0 Å². The number of hydrogen-bond donors (Lipinski definition) is 1. The molecule has 1 aromatic heterocycles. The zero-order valence-electron chi connectivity index (χ0n) is 15.9. The molecule has 0 radical (unpaired) electrons. The van der Waals surface area contributed by atoms with Gasteiger partial charge in [0.25, 0.3) is 5.91 Å². The minimum atomic E-state index is -0.00626. The summed E-state index contributed by atoms with van der Waals surface area (Å²) in [4.78, 5) is 14.9. The smallest absolute Gasteiger partial charge is 0.251 e. The molecule has 0 aliphatic carbocycles. The van der Waals surface area contributed by atoms with Crippen molar-refractivity contribution < 1.29 is 9.32 Å². The Morgan fingerprint density at radius 1 is 1.07 bits per heavy atom. The number of carbonyl (C=O) groups excluding carboxylic acids is 1. The van der Waals surface area contributed by atoms with Gasteiger partial charge in [0.1, 0.15) is 6.26 Å². The number of carbonyl (C=O) groups is 1. The first-order valence-electron chi connectivity index (χ1n) is 9.83. The SMILES string of the molecule is O=C(NCC1CCCN(Cc2ccon2)C1)c1ccc(-c2ccccc2)cc1. The van der Waals surface area contributed by atoms with Crippen LogP contribution in [0.2, 0.25) is 0 Å². The van der Waals surface area contributed by atoms with E-state index in [0.717, 1.165) is 49.3 Å². The molecule has 1 saturated heterocycles. The van der Waals surface area contributed by atoms with Crippen molar-refractivity contribution >= 4 is 5.91 Å². The van der Waals surface area contributed by atoms with E-state index in [0.29, 0.717) is 18.0 Å². The van der Waals surface area contributed by atoms with Gasteiger partial charge in [-0.25, -0.2) is 0 Å². The Labute approximate surface area is 165 Å². The lowest BCUT2D eigenvalue weighted by atomic mass is 9.97. The van der Waals surface area contributed by atoms with Gasteiger partial charge in [-0.2, -0.15) is 0 Å². The highest BCUT2D eigenvalue weighted by Crippen LogP contribution is 2.20. The van der Waals surface area contributed by atoms with E-state index < -0.39 is 0 Å². The fourth-order valence-electron chi connectivity index (χ4n) is 3.79. The van der Waals surface area contributed by atoms with Crippen LogP contribution in [0, 0.1) is 5.92 Å². The molecule has 2 heterocycles. The standard InChI is InChI=1S/C23H25N3O2/c27-23(21-10-8-20(9-11-21)19-6-2-1-3-7-19)24-15-18-5-4-13-26(16-18)17-22-12-14-28-25-22/h1-3,6-12,14,18H,4-5,13,15-17H2,(H,24,27). The van der Waals surface area contributed by atoms with Gasteiger partial charge in [-0.15, -0.1) is 0 Å². The summed E-state index contributed by atoms with van der Waals surface area (Å²) >= 11 is 0. The number of nitrogens with zero attached hydrogens (tertiary/aromatic N) is 2. The van der Waals surface area contributed by atoms with Crippen LogP contribution in [0.1, 0.15) is 28.9 Å². The van der Waals surface area contributed by atoms with E-state index in [1.807, 2.05) is 48.5 Å². The van der Waals surface area contributed by atoms with E-state index >= 15 is 0 Å². The van der Waals surface area contributed by atoms with E-state index in [4.69, 9.17) is 4.52 Å². The van der Waals surface area contributed by atoms with Crippen molar-refractivity contribution in [3.8, 4) is 11.1 Å². The molecule has 5 nitrogen and oxygen atoms in total. The Bertz CT molecular complexity index is 876. The Balaban J connectivity index is 1.29.